The minimum Gasteiger partial charge on any atom is -0.351 e. The van der Waals surface area contributed by atoms with Crippen LogP contribution in [0, 0.1) is 22.0 Å². The summed E-state index contributed by atoms with van der Waals surface area (Å²) >= 11 is 0. The van der Waals surface area contributed by atoms with E-state index in [1.54, 1.807) is 41.3 Å². The molecule has 3 aliphatic heterocycles. The average Bonchev–Trinajstić information content (AvgIpc) is 3.41. The molecule has 0 saturated carbocycles. The molecular weight excluding hydrogens is 529 g/mol. The van der Waals surface area contributed by atoms with E-state index in [2.05, 4.69) is 5.32 Å². The number of nitrogens with one attached hydrogen (secondary N) is 1. The van der Waals surface area contributed by atoms with Crippen LogP contribution in [-0.4, -0.2) is 34.7 Å². The SMILES string of the molecule is O=C(Nc1ccc([N+](=O)[O-])cc1)[C@@H]1[C@@H]2C(=O)N(c3ccccc3C(F)(F)F)C(=O)[C@H]2[C@H]2C=Cc3ccccc3N21. The van der Waals surface area contributed by atoms with Gasteiger partial charge in [-0.15, -0.1) is 0 Å². The molecule has 0 unspecified atom stereocenters. The van der Waals surface area contributed by atoms with Crippen molar-refractivity contribution in [1.82, 2.24) is 0 Å². The van der Waals surface area contributed by atoms with E-state index in [0.717, 1.165) is 17.7 Å². The Morgan fingerprint density at radius 2 is 1.50 bits per heavy atom. The number of fused-ring (bicyclic) bond motifs is 5. The molecule has 3 aliphatic rings. The third-order valence-corrected chi connectivity index (χ3v) is 7.48. The monoisotopic (exact) mass is 548 g/mol. The number of rotatable bonds is 4. The number of imide groups is 1. The summed E-state index contributed by atoms with van der Waals surface area (Å²) < 4.78 is 41.5. The Labute approximate surface area is 224 Å². The molecule has 3 aromatic carbocycles. The lowest BCUT2D eigenvalue weighted by Crippen LogP contribution is -2.50. The van der Waals surface area contributed by atoms with E-state index in [4.69, 9.17) is 0 Å². The number of anilines is 3. The highest BCUT2D eigenvalue weighted by atomic mass is 19.4. The highest BCUT2D eigenvalue weighted by Crippen LogP contribution is 2.50. The number of alkyl halides is 3. The number of non-ortho nitro benzene ring substituents is 1. The lowest BCUT2D eigenvalue weighted by atomic mass is 9.88. The smallest absolute Gasteiger partial charge is 0.351 e. The quantitative estimate of drug-likeness (QED) is 0.289. The summed E-state index contributed by atoms with van der Waals surface area (Å²) in [5, 5.41) is 13.7. The van der Waals surface area contributed by atoms with E-state index in [-0.39, 0.29) is 11.4 Å². The van der Waals surface area contributed by atoms with Gasteiger partial charge in [-0.3, -0.25) is 24.5 Å². The first-order valence-corrected chi connectivity index (χ1v) is 12.2. The number of nitro groups is 1. The van der Waals surface area contributed by atoms with Gasteiger partial charge in [-0.05, 0) is 35.9 Å². The molecule has 1 N–H and O–H groups in total. The fourth-order valence-corrected chi connectivity index (χ4v) is 5.84. The molecule has 3 heterocycles. The van der Waals surface area contributed by atoms with Gasteiger partial charge in [-0.2, -0.15) is 13.2 Å². The Kier molecular flexibility index (Phi) is 5.71. The highest BCUT2D eigenvalue weighted by Gasteiger charge is 2.65. The molecule has 0 spiro atoms. The predicted octanol–water partition coefficient (Wildman–Crippen LogP) is 4.64. The molecule has 0 radical (unpaired) electrons. The molecule has 9 nitrogen and oxygen atoms in total. The van der Waals surface area contributed by atoms with Crippen molar-refractivity contribution in [3.8, 4) is 0 Å². The van der Waals surface area contributed by atoms with Crippen LogP contribution in [0.15, 0.2) is 78.9 Å². The summed E-state index contributed by atoms with van der Waals surface area (Å²) in [6, 6.07) is 14.5. The van der Waals surface area contributed by atoms with E-state index in [0.29, 0.717) is 10.6 Å². The summed E-state index contributed by atoms with van der Waals surface area (Å²) in [6.45, 7) is 0. The molecule has 40 heavy (non-hydrogen) atoms. The van der Waals surface area contributed by atoms with Gasteiger partial charge >= 0.3 is 6.18 Å². The minimum absolute atomic E-state index is 0.190. The largest absolute Gasteiger partial charge is 0.418 e. The summed E-state index contributed by atoms with van der Waals surface area (Å²) in [5.74, 6) is -4.81. The van der Waals surface area contributed by atoms with Gasteiger partial charge < -0.3 is 10.2 Å². The van der Waals surface area contributed by atoms with Crippen LogP contribution in [0.5, 0.6) is 0 Å². The first kappa shape index (κ1) is 25.3. The molecule has 6 rings (SSSR count). The fraction of sp³-hybridized carbons (Fsp3) is 0.179. The van der Waals surface area contributed by atoms with Crippen molar-refractivity contribution in [2.24, 2.45) is 11.8 Å². The molecular formula is C28H19F3N4O5. The number of nitrogens with zero attached hydrogens (tertiary/aromatic N) is 3. The van der Waals surface area contributed by atoms with Gasteiger partial charge in [0.15, 0.2) is 0 Å². The number of amides is 3. The van der Waals surface area contributed by atoms with Crippen molar-refractivity contribution in [2.75, 3.05) is 15.1 Å². The molecule has 2 fully saturated rings. The van der Waals surface area contributed by atoms with Gasteiger partial charge in [-0.25, -0.2) is 4.90 Å². The van der Waals surface area contributed by atoms with Crippen molar-refractivity contribution >= 4 is 46.5 Å². The minimum atomic E-state index is -4.82. The maximum Gasteiger partial charge on any atom is 0.418 e. The standard InChI is InChI=1S/C28H19F3N4O5/c29-28(30,31)18-6-2-4-8-20(18)34-26(37)22-21-14-9-15-5-1-3-7-19(15)33(21)24(23(22)27(34)38)25(36)32-16-10-12-17(13-11-16)35(39)40/h1-14,21-24H,(H,32,36)/t21-,22+,23-,24+/m1/s1. The van der Waals surface area contributed by atoms with Crippen molar-refractivity contribution in [3.63, 3.8) is 0 Å². The molecule has 202 valence electrons. The van der Waals surface area contributed by atoms with E-state index < -0.39 is 64.0 Å². The van der Waals surface area contributed by atoms with Gasteiger partial charge in [0, 0.05) is 23.5 Å². The third kappa shape index (κ3) is 3.82. The Bertz CT molecular complexity index is 1600. The summed E-state index contributed by atoms with van der Waals surface area (Å²) in [7, 11) is 0. The second kappa shape index (κ2) is 9.04. The second-order valence-corrected chi connectivity index (χ2v) is 9.63. The second-order valence-electron chi connectivity index (χ2n) is 9.63. The number of carbonyl (C=O) groups is 3. The number of carbonyl (C=O) groups excluding carboxylic acids is 3. The van der Waals surface area contributed by atoms with Gasteiger partial charge in [-0.1, -0.05) is 42.5 Å². The van der Waals surface area contributed by atoms with Crippen molar-refractivity contribution in [3.05, 3.63) is 100 Å². The maximum atomic E-state index is 13.9. The molecule has 2 saturated heterocycles. The fourth-order valence-electron chi connectivity index (χ4n) is 5.84. The van der Waals surface area contributed by atoms with Crippen LogP contribution in [-0.2, 0) is 20.6 Å². The van der Waals surface area contributed by atoms with Crippen molar-refractivity contribution in [2.45, 2.75) is 18.3 Å². The lowest BCUT2D eigenvalue weighted by Gasteiger charge is -2.36. The van der Waals surface area contributed by atoms with Crippen molar-refractivity contribution < 1.29 is 32.5 Å². The topological polar surface area (TPSA) is 113 Å². The third-order valence-electron chi connectivity index (χ3n) is 7.48. The Balaban J connectivity index is 1.43. The normalized spacial score (nSPS) is 23.1. The van der Waals surface area contributed by atoms with E-state index in [1.807, 2.05) is 0 Å². The Morgan fingerprint density at radius 3 is 2.17 bits per heavy atom. The number of hydrogen-bond donors (Lipinski definition) is 1. The average molecular weight is 548 g/mol. The van der Waals surface area contributed by atoms with Gasteiger partial charge in [0.05, 0.1) is 34.1 Å². The molecule has 0 bridgehead atoms. The lowest BCUT2D eigenvalue weighted by molar-refractivity contribution is -0.384. The summed E-state index contributed by atoms with van der Waals surface area (Å²) in [4.78, 5) is 54.0. The van der Waals surface area contributed by atoms with Crippen molar-refractivity contribution in [1.29, 1.82) is 0 Å². The number of para-hydroxylation sites is 2. The van der Waals surface area contributed by atoms with E-state index >= 15 is 0 Å². The molecule has 3 amide bonds. The summed E-state index contributed by atoms with van der Waals surface area (Å²) in [5.41, 5.74) is -0.357. The number of halogens is 3. The van der Waals surface area contributed by atoms with Gasteiger partial charge in [0.2, 0.25) is 17.7 Å². The maximum absolute atomic E-state index is 13.9. The van der Waals surface area contributed by atoms with Crippen LogP contribution in [0.3, 0.4) is 0 Å². The molecule has 4 atom stereocenters. The van der Waals surface area contributed by atoms with Crippen LogP contribution in [0.2, 0.25) is 0 Å². The van der Waals surface area contributed by atoms with Gasteiger partial charge in [0.1, 0.15) is 6.04 Å². The van der Waals surface area contributed by atoms with E-state index in [9.17, 15) is 37.7 Å². The highest BCUT2D eigenvalue weighted by molar-refractivity contribution is 6.25. The number of nitro benzene ring substituents is 1. The Hall–Kier alpha value is -5.00. The van der Waals surface area contributed by atoms with Crippen LogP contribution in [0.1, 0.15) is 11.1 Å². The first-order valence-electron chi connectivity index (χ1n) is 12.2. The predicted molar refractivity (Wildman–Crippen MR) is 138 cm³/mol. The van der Waals surface area contributed by atoms with E-state index in [1.165, 1.54) is 36.4 Å². The molecule has 0 aromatic heterocycles. The molecule has 12 heteroatoms. The summed E-state index contributed by atoms with van der Waals surface area (Å²) in [6.07, 6.45) is -1.38. The Morgan fingerprint density at radius 1 is 0.875 bits per heavy atom. The van der Waals surface area contributed by atoms with Crippen LogP contribution < -0.4 is 15.1 Å². The first-order chi connectivity index (χ1) is 19.1. The molecule has 3 aromatic rings. The zero-order valence-electron chi connectivity index (χ0n) is 20.4. The molecule has 0 aliphatic carbocycles. The zero-order valence-corrected chi connectivity index (χ0v) is 20.4. The van der Waals surface area contributed by atoms with Crippen LogP contribution in [0.25, 0.3) is 6.08 Å². The van der Waals surface area contributed by atoms with Gasteiger partial charge in [0.25, 0.3) is 5.69 Å². The van der Waals surface area contributed by atoms with Crippen LogP contribution in [0.4, 0.5) is 35.9 Å². The number of benzene rings is 3. The van der Waals surface area contributed by atoms with Crippen LogP contribution >= 0.6 is 0 Å². The zero-order chi connectivity index (χ0) is 28.3. The number of hydrogen-bond acceptors (Lipinski definition) is 6.